The molecule has 1 aliphatic heterocycles. The summed E-state index contributed by atoms with van der Waals surface area (Å²) in [6.45, 7) is 12.0. The highest BCUT2D eigenvalue weighted by Crippen LogP contribution is 2.23. The first-order valence-corrected chi connectivity index (χ1v) is 10.9. The molecule has 1 aliphatic rings. The summed E-state index contributed by atoms with van der Waals surface area (Å²) < 4.78 is 11.7. The zero-order chi connectivity index (χ0) is 22.3. The fourth-order valence-electron chi connectivity index (χ4n) is 3.43. The Labute approximate surface area is 209 Å². The van der Waals surface area contributed by atoms with Gasteiger partial charge in [0, 0.05) is 45.0 Å². The zero-order valence-corrected chi connectivity index (χ0v) is 22.1. The second kappa shape index (κ2) is 12.2. The summed E-state index contributed by atoms with van der Waals surface area (Å²) in [5, 5.41) is 6.77. The van der Waals surface area contributed by atoms with Gasteiger partial charge in [-0.25, -0.2) is 4.98 Å². The molecule has 1 unspecified atom stereocenters. The number of rotatable bonds is 6. The Hall–Kier alpha value is -2.07. The number of halogens is 1. The standard InChI is InChI=1S/C24H35N5O2.HI/c1-18-17-29(12-13-30-18)22-14-19(10-11-26-22)15-27-23(25-5)28-16-20-8-6-7-9-21(20)31-24(2,3)4;/h6-11,14,18H,12-13,15-17H2,1-5H3,(H2,25,27,28);1H. The van der Waals surface area contributed by atoms with Gasteiger partial charge in [0.05, 0.1) is 12.7 Å². The number of aromatic nitrogens is 1. The van der Waals surface area contributed by atoms with Crippen molar-refractivity contribution in [2.24, 2.45) is 4.99 Å². The second-order valence-electron chi connectivity index (χ2n) is 8.75. The Morgan fingerprint density at radius 2 is 1.97 bits per heavy atom. The highest BCUT2D eigenvalue weighted by atomic mass is 127. The van der Waals surface area contributed by atoms with Crippen LogP contribution in [0.25, 0.3) is 0 Å². The highest BCUT2D eigenvalue weighted by Gasteiger charge is 2.18. The van der Waals surface area contributed by atoms with Crippen molar-refractivity contribution in [1.29, 1.82) is 0 Å². The van der Waals surface area contributed by atoms with Gasteiger partial charge < -0.3 is 25.0 Å². The molecule has 0 amide bonds. The van der Waals surface area contributed by atoms with Crippen LogP contribution in [0.1, 0.15) is 38.8 Å². The number of morpholine rings is 1. The Balaban J connectivity index is 0.00000363. The first-order valence-electron chi connectivity index (χ1n) is 10.9. The minimum absolute atomic E-state index is 0. The molecule has 1 aromatic heterocycles. The summed E-state index contributed by atoms with van der Waals surface area (Å²) in [4.78, 5) is 11.2. The molecule has 8 heteroatoms. The Bertz CT molecular complexity index is 885. The number of anilines is 1. The van der Waals surface area contributed by atoms with Crippen molar-refractivity contribution in [2.45, 2.75) is 52.5 Å². The summed E-state index contributed by atoms with van der Waals surface area (Å²) in [5.41, 5.74) is 2.00. The van der Waals surface area contributed by atoms with Crippen molar-refractivity contribution >= 4 is 35.8 Å². The van der Waals surface area contributed by atoms with Gasteiger partial charge >= 0.3 is 0 Å². The molecule has 3 rings (SSSR count). The van der Waals surface area contributed by atoms with Crippen LogP contribution in [-0.4, -0.2) is 49.4 Å². The Kier molecular flexibility index (Phi) is 10.0. The number of ether oxygens (including phenoxy) is 2. The molecule has 0 radical (unpaired) electrons. The van der Waals surface area contributed by atoms with Gasteiger partial charge in [0.15, 0.2) is 5.96 Å². The van der Waals surface area contributed by atoms with E-state index in [1.54, 1.807) is 7.05 Å². The lowest BCUT2D eigenvalue weighted by molar-refractivity contribution is 0.0529. The summed E-state index contributed by atoms with van der Waals surface area (Å²) >= 11 is 0. The van der Waals surface area contributed by atoms with Gasteiger partial charge in [-0.3, -0.25) is 4.99 Å². The van der Waals surface area contributed by atoms with E-state index in [1.165, 1.54) is 0 Å². The molecule has 176 valence electrons. The van der Waals surface area contributed by atoms with Gasteiger partial charge in [0.2, 0.25) is 0 Å². The predicted octanol–water partition coefficient (Wildman–Crippen LogP) is 3.97. The minimum Gasteiger partial charge on any atom is -0.488 e. The molecule has 2 aromatic rings. The summed E-state index contributed by atoms with van der Waals surface area (Å²) in [6, 6.07) is 12.2. The third kappa shape index (κ3) is 8.12. The Morgan fingerprint density at radius 3 is 2.69 bits per heavy atom. The average Bonchev–Trinajstić information content (AvgIpc) is 2.74. The molecule has 1 saturated heterocycles. The molecule has 1 fully saturated rings. The third-order valence-electron chi connectivity index (χ3n) is 4.89. The van der Waals surface area contributed by atoms with Crippen LogP contribution in [-0.2, 0) is 17.8 Å². The second-order valence-corrected chi connectivity index (χ2v) is 8.75. The van der Waals surface area contributed by atoms with E-state index in [9.17, 15) is 0 Å². The molecule has 0 aliphatic carbocycles. The van der Waals surface area contributed by atoms with Gasteiger partial charge in [-0.15, -0.1) is 24.0 Å². The van der Waals surface area contributed by atoms with Crippen molar-refractivity contribution in [3.05, 3.63) is 53.7 Å². The maximum absolute atomic E-state index is 6.09. The van der Waals surface area contributed by atoms with Gasteiger partial charge in [-0.1, -0.05) is 18.2 Å². The molecule has 32 heavy (non-hydrogen) atoms. The average molecular weight is 553 g/mol. The van der Waals surface area contributed by atoms with Crippen molar-refractivity contribution in [3.63, 3.8) is 0 Å². The quantitative estimate of drug-likeness (QED) is 0.321. The smallest absolute Gasteiger partial charge is 0.191 e. The molecule has 2 heterocycles. The normalized spacial score (nSPS) is 16.8. The molecule has 1 aromatic carbocycles. The van der Waals surface area contributed by atoms with Crippen LogP contribution in [0, 0.1) is 0 Å². The Morgan fingerprint density at radius 1 is 1.22 bits per heavy atom. The lowest BCUT2D eigenvalue weighted by Crippen LogP contribution is -2.41. The molecule has 7 nitrogen and oxygen atoms in total. The van der Waals surface area contributed by atoms with Crippen LogP contribution in [0.2, 0.25) is 0 Å². The summed E-state index contributed by atoms with van der Waals surface area (Å²) in [7, 11) is 1.78. The number of hydrogen-bond donors (Lipinski definition) is 2. The van der Waals surface area contributed by atoms with Crippen LogP contribution >= 0.6 is 24.0 Å². The van der Waals surface area contributed by atoms with Gasteiger partial charge in [0.25, 0.3) is 0 Å². The van der Waals surface area contributed by atoms with Crippen molar-refractivity contribution in [2.75, 3.05) is 31.6 Å². The lowest BCUT2D eigenvalue weighted by Gasteiger charge is -2.32. The van der Waals surface area contributed by atoms with Crippen LogP contribution in [0.5, 0.6) is 5.75 Å². The number of nitrogens with one attached hydrogen (secondary N) is 2. The largest absolute Gasteiger partial charge is 0.488 e. The SMILES string of the molecule is CN=C(NCc1ccnc(N2CCOC(C)C2)c1)NCc1ccccc1OC(C)(C)C.I. The molecular weight excluding hydrogens is 517 g/mol. The highest BCUT2D eigenvalue weighted by molar-refractivity contribution is 14.0. The number of benzene rings is 1. The number of hydrogen-bond acceptors (Lipinski definition) is 5. The van der Waals surface area contributed by atoms with Crippen LogP contribution in [0.15, 0.2) is 47.6 Å². The maximum atomic E-state index is 6.09. The van der Waals surface area contributed by atoms with Gasteiger partial charge in [0.1, 0.15) is 17.2 Å². The van der Waals surface area contributed by atoms with E-state index in [0.29, 0.717) is 13.1 Å². The molecule has 0 saturated carbocycles. The van der Waals surface area contributed by atoms with Gasteiger partial charge in [-0.05, 0) is 51.5 Å². The van der Waals surface area contributed by atoms with E-state index >= 15 is 0 Å². The maximum Gasteiger partial charge on any atom is 0.191 e. The molecule has 0 bridgehead atoms. The number of nitrogens with zero attached hydrogens (tertiary/aromatic N) is 3. The topological polar surface area (TPSA) is 71.0 Å². The summed E-state index contributed by atoms with van der Waals surface area (Å²) in [6.07, 6.45) is 2.09. The van der Waals surface area contributed by atoms with Crippen LogP contribution in [0.3, 0.4) is 0 Å². The predicted molar refractivity (Wildman–Crippen MR) is 141 cm³/mol. The molecule has 0 spiro atoms. The zero-order valence-electron chi connectivity index (χ0n) is 19.7. The lowest BCUT2D eigenvalue weighted by atomic mass is 10.1. The third-order valence-corrected chi connectivity index (χ3v) is 4.89. The number of aliphatic imine (C=N–C) groups is 1. The molecule has 1 atom stereocenters. The minimum atomic E-state index is -0.243. The number of para-hydroxylation sites is 1. The molecular formula is C24H36IN5O2. The fourth-order valence-corrected chi connectivity index (χ4v) is 3.43. The van der Waals surface area contributed by atoms with E-state index in [1.807, 2.05) is 30.5 Å². The van der Waals surface area contributed by atoms with Gasteiger partial charge in [-0.2, -0.15) is 0 Å². The van der Waals surface area contributed by atoms with E-state index in [-0.39, 0.29) is 35.7 Å². The van der Waals surface area contributed by atoms with Crippen molar-refractivity contribution in [1.82, 2.24) is 15.6 Å². The van der Waals surface area contributed by atoms with Crippen LogP contribution < -0.4 is 20.3 Å². The summed E-state index contributed by atoms with van der Waals surface area (Å²) in [5.74, 6) is 2.62. The monoisotopic (exact) mass is 553 g/mol. The number of guanidine groups is 1. The first-order chi connectivity index (χ1) is 14.8. The van der Waals surface area contributed by atoms with E-state index in [4.69, 9.17) is 9.47 Å². The molecule has 2 N–H and O–H groups in total. The van der Waals surface area contributed by atoms with E-state index in [2.05, 4.69) is 65.3 Å². The first kappa shape index (κ1) is 26.2. The van der Waals surface area contributed by atoms with Crippen molar-refractivity contribution in [3.8, 4) is 5.75 Å². The van der Waals surface area contributed by atoms with E-state index in [0.717, 1.165) is 48.4 Å². The fraction of sp³-hybridized carbons (Fsp3) is 0.500. The number of pyridine rings is 1. The van der Waals surface area contributed by atoms with E-state index < -0.39 is 0 Å². The van der Waals surface area contributed by atoms with Crippen molar-refractivity contribution < 1.29 is 9.47 Å². The van der Waals surface area contributed by atoms with Crippen LogP contribution in [0.4, 0.5) is 5.82 Å².